The predicted molar refractivity (Wildman–Crippen MR) is 145 cm³/mol. The number of anilines is 1. The van der Waals surface area contributed by atoms with Crippen molar-refractivity contribution >= 4 is 43.2 Å². The number of methoxy groups -OCH3 is 2. The fourth-order valence-corrected chi connectivity index (χ4v) is 6.37. The summed E-state index contributed by atoms with van der Waals surface area (Å²) in [6.45, 7) is 2.23. The van der Waals surface area contributed by atoms with E-state index in [1.165, 1.54) is 39.9 Å². The Kier molecular flexibility index (Phi) is 7.66. The highest BCUT2D eigenvalue weighted by molar-refractivity contribution is 7.92. The maximum Gasteiger partial charge on any atom is 0.279 e. The summed E-state index contributed by atoms with van der Waals surface area (Å²) in [5.41, 5.74) is 1.58. The quantitative estimate of drug-likeness (QED) is 0.314. The first-order chi connectivity index (χ1) is 17.8. The van der Waals surface area contributed by atoms with E-state index in [2.05, 4.69) is 10.9 Å². The number of rotatable bonds is 8. The Morgan fingerprint density at radius 3 is 2.30 bits per heavy atom. The highest BCUT2D eigenvalue weighted by Crippen LogP contribution is 2.33. The van der Waals surface area contributed by atoms with E-state index in [9.17, 15) is 13.2 Å². The second-order valence-electron chi connectivity index (χ2n) is 7.80. The van der Waals surface area contributed by atoms with Gasteiger partial charge in [0.2, 0.25) is 0 Å². The molecule has 1 heterocycles. The van der Waals surface area contributed by atoms with E-state index < -0.39 is 15.9 Å². The largest absolute Gasteiger partial charge is 0.493 e. The Morgan fingerprint density at radius 2 is 1.70 bits per heavy atom. The van der Waals surface area contributed by atoms with Crippen molar-refractivity contribution in [2.75, 3.05) is 25.1 Å². The lowest BCUT2D eigenvalue weighted by Gasteiger charge is -2.22. The molecule has 0 fully saturated rings. The number of fused-ring (bicyclic) bond motifs is 1. The normalized spacial score (nSPS) is 11.8. The first-order valence-electron chi connectivity index (χ1n) is 11.3. The van der Waals surface area contributed by atoms with Crippen molar-refractivity contribution in [2.24, 2.45) is 4.99 Å². The number of hydrogen-bond acceptors (Lipinski definition) is 6. The number of carbonyl (C=O) groups excluding carboxylic acids is 1. The molecular weight excluding hydrogens is 510 g/mol. The van der Waals surface area contributed by atoms with Crippen LogP contribution in [0.4, 0.5) is 5.69 Å². The van der Waals surface area contributed by atoms with Gasteiger partial charge in [0.25, 0.3) is 15.9 Å². The van der Waals surface area contributed by atoms with Crippen LogP contribution < -0.4 is 18.6 Å². The van der Waals surface area contributed by atoms with Gasteiger partial charge in [-0.15, -0.1) is 6.42 Å². The molecular formula is C27H25N3O5S2. The lowest BCUT2D eigenvalue weighted by atomic mass is 10.2. The molecule has 3 aromatic carbocycles. The molecule has 0 unspecified atom stereocenters. The van der Waals surface area contributed by atoms with Gasteiger partial charge < -0.3 is 14.0 Å². The number of aromatic nitrogens is 1. The van der Waals surface area contributed by atoms with Crippen LogP contribution in [0.5, 0.6) is 11.5 Å². The number of ether oxygens (including phenoxy) is 2. The van der Waals surface area contributed by atoms with E-state index in [0.717, 1.165) is 10.2 Å². The van der Waals surface area contributed by atoms with Crippen LogP contribution in [0.15, 0.2) is 76.6 Å². The number of sulfonamides is 1. The second kappa shape index (κ2) is 10.9. The zero-order chi connectivity index (χ0) is 26.6. The van der Waals surface area contributed by atoms with Crippen molar-refractivity contribution in [3.63, 3.8) is 0 Å². The highest BCUT2D eigenvalue weighted by atomic mass is 32.2. The lowest BCUT2D eigenvalue weighted by Crippen LogP contribution is -2.30. The molecule has 1 aromatic heterocycles. The molecule has 0 aliphatic carbocycles. The number of carbonyl (C=O) groups is 1. The Bertz CT molecular complexity index is 1650. The predicted octanol–water partition coefficient (Wildman–Crippen LogP) is 4.31. The van der Waals surface area contributed by atoms with Crippen molar-refractivity contribution in [1.82, 2.24) is 4.57 Å². The molecule has 0 aliphatic heterocycles. The zero-order valence-electron chi connectivity index (χ0n) is 20.5. The van der Waals surface area contributed by atoms with Gasteiger partial charge in [-0.2, -0.15) is 4.99 Å². The zero-order valence-corrected chi connectivity index (χ0v) is 22.2. The van der Waals surface area contributed by atoms with Gasteiger partial charge in [-0.3, -0.25) is 9.10 Å². The van der Waals surface area contributed by atoms with E-state index >= 15 is 0 Å². The molecule has 0 saturated carbocycles. The van der Waals surface area contributed by atoms with Crippen molar-refractivity contribution in [2.45, 2.75) is 18.4 Å². The van der Waals surface area contributed by atoms with Gasteiger partial charge in [0.05, 0.1) is 41.6 Å². The number of nitrogens with zero attached hydrogens (tertiary/aromatic N) is 3. The maximum absolute atomic E-state index is 13.2. The first-order valence-corrected chi connectivity index (χ1v) is 13.6. The van der Waals surface area contributed by atoms with E-state index in [0.29, 0.717) is 22.0 Å². The third-order valence-corrected chi connectivity index (χ3v) is 8.61. The summed E-state index contributed by atoms with van der Waals surface area (Å²) >= 11 is 1.29. The molecule has 37 heavy (non-hydrogen) atoms. The Balaban J connectivity index is 1.70. The van der Waals surface area contributed by atoms with Gasteiger partial charge in [-0.05, 0) is 43.3 Å². The average molecular weight is 536 g/mol. The topological polar surface area (TPSA) is 90.2 Å². The summed E-state index contributed by atoms with van der Waals surface area (Å²) in [6, 6.07) is 18.2. The van der Waals surface area contributed by atoms with Crippen molar-refractivity contribution in [1.29, 1.82) is 0 Å². The molecule has 8 nitrogen and oxygen atoms in total. The minimum atomic E-state index is -3.81. The Morgan fingerprint density at radius 1 is 1.05 bits per heavy atom. The minimum Gasteiger partial charge on any atom is -0.493 e. The SMILES string of the molecule is C#CCn1c(=NC(=O)c2ccc(S(=O)(=O)N(CC)c3ccccc3)cc2)sc2cc(OC)c(OC)cc21. The van der Waals surface area contributed by atoms with Crippen molar-refractivity contribution < 1.29 is 22.7 Å². The molecule has 0 aliphatic rings. The van der Waals surface area contributed by atoms with Gasteiger partial charge in [0.15, 0.2) is 16.3 Å². The number of terminal acetylenes is 1. The van der Waals surface area contributed by atoms with Crippen LogP contribution in [0.25, 0.3) is 10.2 Å². The van der Waals surface area contributed by atoms with E-state index in [-0.39, 0.29) is 23.5 Å². The Labute approximate surface area is 219 Å². The van der Waals surface area contributed by atoms with E-state index in [1.54, 1.807) is 62.1 Å². The van der Waals surface area contributed by atoms with Crippen LogP contribution in [0.1, 0.15) is 17.3 Å². The van der Waals surface area contributed by atoms with Gasteiger partial charge in [-0.25, -0.2) is 8.42 Å². The van der Waals surface area contributed by atoms with Crippen LogP contribution in [-0.2, 0) is 16.6 Å². The summed E-state index contributed by atoms with van der Waals surface area (Å²) in [6.07, 6.45) is 5.57. The molecule has 0 saturated heterocycles. The third kappa shape index (κ3) is 5.09. The number of thiazole rings is 1. The number of hydrogen-bond donors (Lipinski definition) is 0. The van der Waals surface area contributed by atoms with Gasteiger partial charge in [0.1, 0.15) is 0 Å². The molecule has 4 rings (SSSR count). The van der Waals surface area contributed by atoms with Crippen molar-refractivity contribution in [3.05, 3.63) is 77.1 Å². The summed E-state index contributed by atoms with van der Waals surface area (Å²) in [5, 5.41) is 0. The number of benzene rings is 3. The fraction of sp³-hybridized carbons (Fsp3) is 0.185. The van der Waals surface area contributed by atoms with Gasteiger partial charge >= 0.3 is 0 Å². The van der Waals surface area contributed by atoms with Gasteiger partial charge in [0, 0.05) is 24.2 Å². The summed E-state index contributed by atoms with van der Waals surface area (Å²) in [5.74, 6) is 3.16. The summed E-state index contributed by atoms with van der Waals surface area (Å²) in [7, 11) is -0.719. The standard InChI is InChI=1S/C27H25N3O5S2/c1-5-16-29-22-17-23(34-3)24(35-4)18-25(22)36-27(29)28-26(31)19-12-14-21(15-13-19)37(32,33)30(6-2)20-10-8-7-9-11-20/h1,7-15,17-18H,6,16H2,2-4H3. The van der Waals surface area contributed by atoms with Crippen LogP contribution >= 0.6 is 11.3 Å². The first kappa shape index (κ1) is 26.0. The van der Waals surface area contributed by atoms with Crippen LogP contribution in [-0.4, -0.2) is 39.7 Å². The fourth-order valence-electron chi connectivity index (χ4n) is 3.86. The van der Waals surface area contributed by atoms with Gasteiger partial charge in [-0.1, -0.05) is 35.5 Å². The molecule has 190 valence electrons. The third-order valence-electron chi connectivity index (χ3n) is 5.66. The smallest absolute Gasteiger partial charge is 0.279 e. The second-order valence-corrected chi connectivity index (χ2v) is 10.7. The average Bonchev–Trinajstić information content (AvgIpc) is 3.24. The lowest BCUT2D eigenvalue weighted by molar-refractivity contribution is 0.0998. The molecule has 0 bridgehead atoms. The number of amides is 1. The molecule has 0 atom stereocenters. The minimum absolute atomic E-state index is 0.0817. The van der Waals surface area contributed by atoms with Crippen LogP contribution in [0, 0.1) is 12.3 Å². The molecule has 1 amide bonds. The van der Waals surface area contributed by atoms with E-state index in [1.807, 2.05) is 6.07 Å². The summed E-state index contributed by atoms with van der Waals surface area (Å²) < 4.78 is 41.1. The van der Waals surface area contributed by atoms with Crippen LogP contribution in [0.3, 0.4) is 0 Å². The number of para-hydroxylation sites is 1. The van der Waals surface area contributed by atoms with Crippen LogP contribution in [0.2, 0.25) is 0 Å². The molecule has 4 aromatic rings. The molecule has 10 heteroatoms. The molecule has 0 spiro atoms. The van der Waals surface area contributed by atoms with E-state index in [4.69, 9.17) is 15.9 Å². The van der Waals surface area contributed by atoms with Crippen molar-refractivity contribution in [3.8, 4) is 23.8 Å². The summed E-state index contributed by atoms with van der Waals surface area (Å²) in [4.78, 5) is 17.8. The molecule has 0 N–H and O–H groups in total. The highest BCUT2D eigenvalue weighted by Gasteiger charge is 2.23. The molecule has 0 radical (unpaired) electrons. The maximum atomic E-state index is 13.2. The Hall–Kier alpha value is -4.07. The monoisotopic (exact) mass is 535 g/mol.